The van der Waals surface area contributed by atoms with Crippen molar-refractivity contribution in [3.8, 4) is 0 Å². The molecule has 1 atom stereocenters. The van der Waals surface area contributed by atoms with Crippen molar-refractivity contribution in [1.82, 2.24) is 14.8 Å². The summed E-state index contributed by atoms with van der Waals surface area (Å²) in [6.07, 6.45) is 3.32. The summed E-state index contributed by atoms with van der Waals surface area (Å²) in [7, 11) is 0. The highest BCUT2D eigenvalue weighted by atomic mass is 19.1. The van der Waals surface area contributed by atoms with Crippen LogP contribution in [0.15, 0.2) is 42.5 Å². The van der Waals surface area contributed by atoms with E-state index >= 15 is 0 Å². The van der Waals surface area contributed by atoms with Gasteiger partial charge in [-0.1, -0.05) is 30.3 Å². The van der Waals surface area contributed by atoms with Crippen LogP contribution >= 0.6 is 0 Å². The monoisotopic (exact) mass is 425 g/mol. The number of amides is 2. The minimum atomic E-state index is -0.699. The van der Waals surface area contributed by atoms with E-state index in [1.165, 1.54) is 11.6 Å². The lowest BCUT2D eigenvalue weighted by Gasteiger charge is -2.11. The quantitative estimate of drug-likeness (QED) is 0.658. The maximum atomic E-state index is 13.2. The van der Waals surface area contributed by atoms with Gasteiger partial charge in [-0.2, -0.15) is 0 Å². The second-order valence-electron chi connectivity index (χ2n) is 7.45. The van der Waals surface area contributed by atoms with E-state index < -0.39 is 17.5 Å². The average Bonchev–Trinajstić information content (AvgIpc) is 3.27. The molecule has 2 aromatic carbocycles. The number of nitrogens with zero attached hydrogens (tertiary/aromatic N) is 3. The number of benzene rings is 2. The Morgan fingerprint density at radius 1 is 1.13 bits per heavy atom. The van der Waals surface area contributed by atoms with Gasteiger partial charge >= 0.3 is 0 Å². The van der Waals surface area contributed by atoms with Gasteiger partial charge in [0.05, 0.1) is 11.7 Å². The maximum absolute atomic E-state index is 13.2. The second-order valence-corrected chi connectivity index (χ2v) is 7.45. The van der Waals surface area contributed by atoms with E-state index in [9.17, 15) is 18.4 Å². The first-order valence-corrected chi connectivity index (χ1v) is 10.0. The van der Waals surface area contributed by atoms with Crippen LogP contribution < -0.4 is 11.1 Å². The first-order valence-electron chi connectivity index (χ1n) is 10.0. The molecule has 3 N–H and O–H groups in total. The normalized spacial score (nSPS) is 17.0. The van der Waals surface area contributed by atoms with E-state index in [2.05, 4.69) is 27.5 Å². The van der Waals surface area contributed by atoms with Gasteiger partial charge in [0, 0.05) is 18.9 Å². The molecular weight excluding hydrogens is 404 g/mol. The van der Waals surface area contributed by atoms with E-state index in [4.69, 9.17) is 5.73 Å². The molecule has 9 heteroatoms. The van der Waals surface area contributed by atoms with Crippen molar-refractivity contribution in [3.05, 3.63) is 76.9 Å². The second kappa shape index (κ2) is 8.63. The van der Waals surface area contributed by atoms with Gasteiger partial charge in [0.1, 0.15) is 17.5 Å². The van der Waals surface area contributed by atoms with Crippen LogP contribution in [0.5, 0.6) is 0 Å². The van der Waals surface area contributed by atoms with Gasteiger partial charge in [0.25, 0.3) is 5.91 Å². The summed E-state index contributed by atoms with van der Waals surface area (Å²) in [6.45, 7) is 0. The number of anilines is 1. The van der Waals surface area contributed by atoms with Gasteiger partial charge in [-0.3, -0.25) is 9.59 Å². The zero-order valence-electron chi connectivity index (χ0n) is 16.6. The van der Waals surface area contributed by atoms with Crippen molar-refractivity contribution in [2.75, 3.05) is 5.32 Å². The standard InChI is InChI=1S/C12H12N4O.C10H9F2NO/c13-11(17)12-14-10-7-6-9(16(10)15-12)8-4-2-1-3-5-8;11-7-4-6-2-1-3-9(14)13-10(6)8(12)5-7/h1-5,9H,6-7H2,(H2,13,17);4-5H,1-3H2,(H,13,14). The highest BCUT2D eigenvalue weighted by Gasteiger charge is 2.27. The fourth-order valence-electron chi connectivity index (χ4n) is 3.86. The zero-order valence-corrected chi connectivity index (χ0v) is 16.6. The lowest BCUT2D eigenvalue weighted by Crippen LogP contribution is -2.15. The van der Waals surface area contributed by atoms with Crippen LogP contribution in [0.1, 0.15) is 52.9 Å². The summed E-state index contributed by atoms with van der Waals surface area (Å²) < 4.78 is 27.9. The van der Waals surface area contributed by atoms with Gasteiger partial charge in [-0.15, -0.1) is 5.10 Å². The van der Waals surface area contributed by atoms with Crippen LogP contribution in [0.25, 0.3) is 0 Å². The van der Waals surface area contributed by atoms with Crippen molar-refractivity contribution < 1.29 is 18.4 Å². The highest BCUT2D eigenvalue weighted by Crippen LogP contribution is 2.30. The van der Waals surface area contributed by atoms with E-state index in [1.807, 2.05) is 22.9 Å². The first kappa shape index (κ1) is 20.6. The topological polar surface area (TPSA) is 103 Å². The minimum absolute atomic E-state index is 0.112. The van der Waals surface area contributed by atoms with E-state index in [1.54, 1.807) is 0 Å². The van der Waals surface area contributed by atoms with Crippen LogP contribution in [0, 0.1) is 11.6 Å². The molecule has 0 fully saturated rings. The van der Waals surface area contributed by atoms with Crippen molar-refractivity contribution in [2.24, 2.45) is 5.73 Å². The summed E-state index contributed by atoms with van der Waals surface area (Å²) in [6, 6.07) is 12.3. The molecule has 0 aliphatic carbocycles. The average molecular weight is 425 g/mol. The number of nitrogens with one attached hydrogen (secondary N) is 1. The molecule has 160 valence electrons. The lowest BCUT2D eigenvalue weighted by molar-refractivity contribution is -0.116. The van der Waals surface area contributed by atoms with Crippen LogP contribution in [-0.2, 0) is 17.6 Å². The molecule has 31 heavy (non-hydrogen) atoms. The fourth-order valence-corrected chi connectivity index (χ4v) is 3.86. The van der Waals surface area contributed by atoms with Gasteiger partial charge < -0.3 is 11.1 Å². The lowest BCUT2D eigenvalue weighted by atomic mass is 10.1. The van der Waals surface area contributed by atoms with Crippen LogP contribution in [0.2, 0.25) is 0 Å². The molecule has 0 saturated heterocycles. The maximum Gasteiger partial charge on any atom is 0.288 e. The molecule has 7 nitrogen and oxygen atoms in total. The van der Waals surface area contributed by atoms with Gasteiger partial charge in [-0.25, -0.2) is 18.4 Å². The number of carbonyl (C=O) groups is 2. The smallest absolute Gasteiger partial charge is 0.288 e. The summed E-state index contributed by atoms with van der Waals surface area (Å²) >= 11 is 0. The molecule has 1 aromatic heterocycles. The molecular formula is C22H21F2N5O2. The Labute approximate surface area is 177 Å². The summed E-state index contributed by atoms with van der Waals surface area (Å²) in [5, 5.41) is 6.62. The summed E-state index contributed by atoms with van der Waals surface area (Å²) in [5.74, 6) is -1.13. The first-order chi connectivity index (χ1) is 14.9. The molecule has 0 radical (unpaired) electrons. The number of nitrogens with two attached hydrogens (primary N) is 1. The third-order valence-corrected chi connectivity index (χ3v) is 5.29. The molecule has 2 amide bonds. The van der Waals surface area contributed by atoms with E-state index in [0.717, 1.165) is 24.7 Å². The Morgan fingerprint density at radius 2 is 1.90 bits per heavy atom. The van der Waals surface area contributed by atoms with Gasteiger partial charge in [-0.05, 0) is 36.5 Å². The molecule has 2 aliphatic heterocycles. The molecule has 3 aromatic rings. The minimum Gasteiger partial charge on any atom is -0.363 e. The van der Waals surface area contributed by atoms with E-state index in [-0.39, 0.29) is 23.5 Å². The van der Waals surface area contributed by atoms with Gasteiger partial charge in [0.2, 0.25) is 11.7 Å². The number of fused-ring (bicyclic) bond motifs is 2. The molecule has 5 rings (SSSR count). The predicted octanol–water partition coefficient (Wildman–Crippen LogP) is 3.15. The number of aromatic nitrogens is 3. The number of halogens is 2. The van der Waals surface area contributed by atoms with Crippen molar-refractivity contribution >= 4 is 17.5 Å². The molecule has 1 unspecified atom stereocenters. The Hall–Kier alpha value is -3.62. The number of primary amides is 1. The molecule has 0 saturated carbocycles. The van der Waals surface area contributed by atoms with E-state index in [0.29, 0.717) is 24.8 Å². The van der Waals surface area contributed by atoms with Crippen molar-refractivity contribution in [2.45, 2.75) is 38.1 Å². The molecule has 2 aliphatic rings. The number of hydrogen-bond donors (Lipinski definition) is 2. The van der Waals surface area contributed by atoms with Crippen LogP contribution in [0.4, 0.5) is 14.5 Å². The third kappa shape index (κ3) is 4.45. The predicted molar refractivity (Wildman–Crippen MR) is 109 cm³/mol. The molecule has 0 spiro atoms. The molecule has 3 heterocycles. The van der Waals surface area contributed by atoms with Gasteiger partial charge in [0.15, 0.2) is 0 Å². The Morgan fingerprint density at radius 3 is 2.65 bits per heavy atom. The third-order valence-electron chi connectivity index (χ3n) is 5.29. The fraction of sp³-hybridized carbons (Fsp3) is 0.273. The van der Waals surface area contributed by atoms with Crippen molar-refractivity contribution in [3.63, 3.8) is 0 Å². The largest absolute Gasteiger partial charge is 0.363 e. The summed E-state index contributed by atoms with van der Waals surface area (Å²) in [4.78, 5) is 26.3. The number of rotatable bonds is 2. The number of carbonyl (C=O) groups excluding carboxylic acids is 2. The highest BCUT2D eigenvalue weighted by molar-refractivity contribution is 5.92. The zero-order chi connectivity index (χ0) is 22.0. The SMILES string of the molecule is NC(=O)c1nc2n(n1)C(c1ccccc1)CC2.O=C1CCCc2cc(F)cc(F)c2N1. The Balaban J connectivity index is 0.000000152. The number of hydrogen-bond acceptors (Lipinski definition) is 4. The molecule has 0 bridgehead atoms. The number of aryl methyl sites for hydroxylation is 2. The van der Waals surface area contributed by atoms with Crippen LogP contribution in [-0.4, -0.2) is 26.6 Å². The Bertz CT molecular complexity index is 1130. The summed E-state index contributed by atoms with van der Waals surface area (Å²) in [5.41, 5.74) is 7.04. The van der Waals surface area contributed by atoms with Crippen molar-refractivity contribution in [1.29, 1.82) is 0 Å². The Kier molecular flexibility index (Phi) is 5.75. The van der Waals surface area contributed by atoms with Crippen LogP contribution in [0.3, 0.4) is 0 Å².